The Labute approximate surface area is 63.9 Å². The molecule has 0 aliphatic heterocycles. The second kappa shape index (κ2) is 3.01. The fourth-order valence-electron chi connectivity index (χ4n) is 0.747. The molecule has 0 atom stereocenters. The first-order valence-electron chi connectivity index (χ1n) is 3.11. The van der Waals surface area contributed by atoms with E-state index in [1.807, 2.05) is 0 Å². The summed E-state index contributed by atoms with van der Waals surface area (Å²) in [5.74, 6) is 0. The van der Waals surface area contributed by atoms with Crippen LogP contribution in [0.3, 0.4) is 0 Å². The smallest absolute Gasteiger partial charge is 0.409 e. The van der Waals surface area contributed by atoms with Crippen LogP contribution in [0.15, 0.2) is 18.3 Å². The van der Waals surface area contributed by atoms with Gasteiger partial charge in [0.2, 0.25) is 0 Å². The summed E-state index contributed by atoms with van der Waals surface area (Å²) < 4.78 is 0. The molecule has 0 saturated carbocycles. The topological polar surface area (TPSA) is 62.2 Å². The summed E-state index contributed by atoms with van der Waals surface area (Å²) >= 11 is 0. The Balaban J connectivity index is 2.79. The monoisotopic (exact) mass is 152 g/mol. The van der Waals surface area contributed by atoms with Gasteiger partial charge in [-0.2, -0.15) is 0 Å². The molecule has 0 aliphatic carbocycles. The molecule has 1 amide bonds. The third-order valence-electron chi connectivity index (χ3n) is 1.15. The minimum atomic E-state index is -1.06. The minimum absolute atomic E-state index is 0.546. The van der Waals surface area contributed by atoms with E-state index in [1.165, 1.54) is 0 Å². The lowest BCUT2D eigenvalue weighted by Crippen LogP contribution is -2.07. The molecular weight excluding hydrogens is 144 g/mol. The Hall–Kier alpha value is -1.58. The van der Waals surface area contributed by atoms with Crippen molar-refractivity contribution in [3.05, 3.63) is 24.0 Å². The zero-order chi connectivity index (χ0) is 8.27. The SMILES string of the molecule is Cc1cc(NC(=O)O)ccn1. The van der Waals surface area contributed by atoms with Crippen molar-refractivity contribution >= 4 is 11.8 Å². The Morgan fingerprint density at radius 3 is 3.00 bits per heavy atom. The van der Waals surface area contributed by atoms with Crippen LogP contribution >= 0.6 is 0 Å². The lowest BCUT2D eigenvalue weighted by Gasteiger charge is -1.99. The molecular formula is C7H8N2O2. The fraction of sp³-hybridized carbons (Fsp3) is 0.143. The molecule has 11 heavy (non-hydrogen) atoms. The first kappa shape index (κ1) is 7.53. The normalized spacial score (nSPS) is 9.18. The van der Waals surface area contributed by atoms with Gasteiger partial charge in [-0.25, -0.2) is 4.79 Å². The van der Waals surface area contributed by atoms with Crippen molar-refractivity contribution in [1.29, 1.82) is 0 Å². The predicted octanol–water partition coefficient (Wildman–Crippen LogP) is 1.48. The second-order valence-electron chi connectivity index (χ2n) is 2.12. The zero-order valence-corrected chi connectivity index (χ0v) is 6.03. The number of nitrogens with one attached hydrogen (secondary N) is 1. The number of hydrogen-bond donors (Lipinski definition) is 2. The maximum Gasteiger partial charge on any atom is 0.409 e. The van der Waals surface area contributed by atoms with Crippen LogP contribution < -0.4 is 5.32 Å². The molecule has 0 saturated heterocycles. The Morgan fingerprint density at radius 1 is 1.73 bits per heavy atom. The molecule has 0 aromatic carbocycles. The quantitative estimate of drug-likeness (QED) is 0.640. The lowest BCUT2D eigenvalue weighted by molar-refractivity contribution is 0.210. The summed E-state index contributed by atoms with van der Waals surface area (Å²) in [5, 5.41) is 10.5. The van der Waals surface area contributed by atoms with Gasteiger partial charge < -0.3 is 5.11 Å². The van der Waals surface area contributed by atoms with Crippen LogP contribution in [-0.4, -0.2) is 16.2 Å². The van der Waals surface area contributed by atoms with Crippen LogP contribution in [0.4, 0.5) is 10.5 Å². The standard InChI is InChI=1S/C7H8N2O2/c1-5-4-6(2-3-8-5)9-7(10)11/h2-4H,1H3,(H,8,9)(H,10,11). The first-order chi connectivity index (χ1) is 5.18. The van der Waals surface area contributed by atoms with E-state index >= 15 is 0 Å². The summed E-state index contributed by atoms with van der Waals surface area (Å²) in [6.45, 7) is 1.80. The minimum Gasteiger partial charge on any atom is -0.465 e. The predicted molar refractivity (Wildman–Crippen MR) is 40.6 cm³/mol. The molecule has 0 spiro atoms. The molecule has 4 nitrogen and oxygen atoms in total. The van der Waals surface area contributed by atoms with Crippen LogP contribution in [-0.2, 0) is 0 Å². The van der Waals surface area contributed by atoms with Crippen molar-refractivity contribution in [3.63, 3.8) is 0 Å². The number of aryl methyl sites for hydroxylation is 1. The van der Waals surface area contributed by atoms with E-state index in [4.69, 9.17) is 5.11 Å². The summed E-state index contributed by atoms with van der Waals surface area (Å²) in [4.78, 5) is 14.1. The largest absolute Gasteiger partial charge is 0.465 e. The van der Waals surface area contributed by atoms with Crippen LogP contribution in [0, 0.1) is 6.92 Å². The number of carbonyl (C=O) groups is 1. The van der Waals surface area contributed by atoms with Gasteiger partial charge in [0.15, 0.2) is 0 Å². The van der Waals surface area contributed by atoms with E-state index in [0.29, 0.717) is 5.69 Å². The molecule has 58 valence electrons. The Kier molecular flexibility index (Phi) is 2.06. The van der Waals surface area contributed by atoms with Gasteiger partial charge in [0.25, 0.3) is 0 Å². The maximum absolute atomic E-state index is 10.1. The lowest BCUT2D eigenvalue weighted by atomic mass is 10.3. The highest BCUT2D eigenvalue weighted by Gasteiger charge is 1.96. The van der Waals surface area contributed by atoms with Crippen molar-refractivity contribution in [2.45, 2.75) is 6.92 Å². The Morgan fingerprint density at radius 2 is 2.45 bits per heavy atom. The van der Waals surface area contributed by atoms with Gasteiger partial charge in [-0.1, -0.05) is 0 Å². The van der Waals surface area contributed by atoms with E-state index in [-0.39, 0.29) is 0 Å². The number of aromatic nitrogens is 1. The number of carboxylic acid groups (broad SMARTS) is 1. The molecule has 1 heterocycles. The van der Waals surface area contributed by atoms with Gasteiger partial charge in [-0.05, 0) is 19.1 Å². The maximum atomic E-state index is 10.1. The van der Waals surface area contributed by atoms with Crippen LogP contribution in [0.25, 0.3) is 0 Å². The van der Waals surface area contributed by atoms with Crippen molar-refractivity contribution in [2.75, 3.05) is 5.32 Å². The van der Waals surface area contributed by atoms with E-state index in [0.717, 1.165) is 5.69 Å². The van der Waals surface area contributed by atoms with Crippen LogP contribution in [0.5, 0.6) is 0 Å². The van der Waals surface area contributed by atoms with Crippen molar-refractivity contribution in [1.82, 2.24) is 4.98 Å². The van der Waals surface area contributed by atoms with Crippen molar-refractivity contribution < 1.29 is 9.90 Å². The van der Waals surface area contributed by atoms with Gasteiger partial charge in [-0.3, -0.25) is 10.3 Å². The first-order valence-corrected chi connectivity index (χ1v) is 3.11. The average Bonchev–Trinajstić information content (AvgIpc) is 1.85. The number of nitrogens with zero attached hydrogens (tertiary/aromatic N) is 1. The second-order valence-corrected chi connectivity index (χ2v) is 2.12. The third-order valence-corrected chi connectivity index (χ3v) is 1.15. The number of amides is 1. The number of rotatable bonds is 1. The average molecular weight is 152 g/mol. The molecule has 1 aromatic heterocycles. The zero-order valence-electron chi connectivity index (χ0n) is 6.03. The highest BCUT2D eigenvalue weighted by atomic mass is 16.4. The van der Waals surface area contributed by atoms with Gasteiger partial charge in [0, 0.05) is 17.6 Å². The van der Waals surface area contributed by atoms with E-state index in [1.54, 1.807) is 25.3 Å². The molecule has 0 radical (unpaired) electrons. The number of hydrogen-bond acceptors (Lipinski definition) is 2. The summed E-state index contributed by atoms with van der Waals surface area (Å²) in [5.41, 5.74) is 1.33. The molecule has 0 bridgehead atoms. The van der Waals surface area contributed by atoms with Crippen LogP contribution in [0.2, 0.25) is 0 Å². The molecule has 0 fully saturated rings. The summed E-state index contributed by atoms with van der Waals surface area (Å²) in [7, 11) is 0. The third kappa shape index (κ3) is 2.25. The summed E-state index contributed by atoms with van der Waals surface area (Å²) in [6.07, 6.45) is 0.497. The van der Waals surface area contributed by atoms with Crippen molar-refractivity contribution in [2.24, 2.45) is 0 Å². The van der Waals surface area contributed by atoms with Gasteiger partial charge in [-0.15, -0.1) is 0 Å². The summed E-state index contributed by atoms with van der Waals surface area (Å²) in [6, 6.07) is 3.26. The van der Waals surface area contributed by atoms with E-state index < -0.39 is 6.09 Å². The molecule has 2 N–H and O–H groups in total. The van der Waals surface area contributed by atoms with Crippen molar-refractivity contribution in [3.8, 4) is 0 Å². The Bertz CT molecular complexity index is 273. The van der Waals surface area contributed by atoms with Crippen LogP contribution in [0.1, 0.15) is 5.69 Å². The molecule has 1 rings (SSSR count). The molecule has 0 unspecified atom stereocenters. The van der Waals surface area contributed by atoms with E-state index in [2.05, 4.69) is 10.3 Å². The fourth-order valence-corrected chi connectivity index (χ4v) is 0.747. The molecule has 1 aromatic rings. The number of pyridine rings is 1. The number of anilines is 1. The molecule has 0 aliphatic rings. The van der Waals surface area contributed by atoms with Gasteiger partial charge in [0.05, 0.1) is 0 Å². The van der Waals surface area contributed by atoms with Gasteiger partial charge >= 0.3 is 6.09 Å². The highest BCUT2D eigenvalue weighted by molar-refractivity contribution is 5.82. The van der Waals surface area contributed by atoms with E-state index in [9.17, 15) is 4.79 Å². The molecule has 4 heteroatoms. The highest BCUT2D eigenvalue weighted by Crippen LogP contribution is 2.05. The van der Waals surface area contributed by atoms with Gasteiger partial charge in [0.1, 0.15) is 0 Å².